The van der Waals surface area contributed by atoms with Crippen LogP contribution in [0.5, 0.6) is 11.5 Å². The average Bonchev–Trinajstić information content (AvgIpc) is 2.47. The zero-order valence-electron chi connectivity index (χ0n) is 11.8. The summed E-state index contributed by atoms with van der Waals surface area (Å²) in [6.07, 6.45) is 0. The molecule has 2 aromatic carbocycles. The molecule has 1 atom stereocenters. The van der Waals surface area contributed by atoms with Gasteiger partial charge in [0.2, 0.25) is 0 Å². The number of rotatable bonds is 5. The number of methoxy groups -OCH3 is 2. The summed E-state index contributed by atoms with van der Waals surface area (Å²) in [7, 11) is 3.31. The zero-order valence-corrected chi connectivity index (χ0v) is 14.0. The van der Waals surface area contributed by atoms with Gasteiger partial charge < -0.3 is 14.8 Å². The smallest absolute Gasteiger partial charge is 0.124 e. The van der Waals surface area contributed by atoms with Crippen LogP contribution in [0.3, 0.4) is 0 Å². The van der Waals surface area contributed by atoms with Gasteiger partial charge in [0.25, 0.3) is 0 Å². The molecule has 0 bridgehead atoms. The van der Waals surface area contributed by atoms with E-state index < -0.39 is 0 Å². The van der Waals surface area contributed by atoms with Crippen LogP contribution in [-0.4, -0.2) is 14.2 Å². The first kappa shape index (κ1) is 15.0. The first-order chi connectivity index (χ1) is 9.62. The monoisotopic (exact) mass is 383 g/mol. The minimum Gasteiger partial charge on any atom is -0.497 e. The molecule has 0 saturated heterocycles. The number of benzene rings is 2. The fourth-order valence-electron chi connectivity index (χ4n) is 1.98. The maximum atomic E-state index is 5.28. The summed E-state index contributed by atoms with van der Waals surface area (Å²) >= 11 is 2.31. The van der Waals surface area contributed by atoms with Crippen LogP contribution in [0, 0.1) is 3.57 Å². The van der Waals surface area contributed by atoms with Gasteiger partial charge in [-0.2, -0.15) is 0 Å². The van der Waals surface area contributed by atoms with Crippen molar-refractivity contribution < 1.29 is 9.47 Å². The van der Waals surface area contributed by atoms with E-state index in [1.165, 1.54) is 9.13 Å². The van der Waals surface area contributed by atoms with E-state index in [-0.39, 0.29) is 6.04 Å². The Labute approximate surface area is 133 Å². The van der Waals surface area contributed by atoms with E-state index >= 15 is 0 Å². The lowest BCUT2D eigenvalue weighted by Gasteiger charge is -2.17. The Kier molecular flexibility index (Phi) is 5.11. The van der Waals surface area contributed by atoms with Gasteiger partial charge in [0.05, 0.1) is 14.2 Å². The molecular weight excluding hydrogens is 365 g/mol. The van der Waals surface area contributed by atoms with E-state index in [1.807, 2.05) is 18.2 Å². The molecule has 0 radical (unpaired) electrons. The lowest BCUT2D eigenvalue weighted by Crippen LogP contribution is -2.06. The highest BCUT2D eigenvalue weighted by Gasteiger charge is 2.07. The molecule has 0 saturated carbocycles. The van der Waals surface area contributed by atoms with Gasteiger partial charge in [-0.1, -0.05) is 12.1 Å². The third-order valence-electron chi connectivity index (χ3n) is 3.10. The van der Waals surface area contributed by atoms with Crippen molar-refractivity contribution in [3.8, 4) is 11.5 Å². The number of nitrogens with one attached hydrogen (secondary N) is 1. The maximum absolute atomic E-state index is 5.28. The molecule has 1 N–H and O–H groups in total. The largest absolute Gasteiger partial charge is 0.497 e. The Morgan fingerprint density at radius 3 is 2.00 bits per heavy atom. The van der Waals surface area contributed by atoms with Crippen molar-refractivity contribution >= 4 is 28.3 Å². The predicted octanol–water partition coefficient (Wildman–Crippen LogP) is 4.48. The van der Waals surface area contributed by atoms with Crippen molar-refractivity contribution in [3.05, 3.63) is 51.6 Å². The van der Waals surface area contributed by atoms with Crippen LogP contribution in [0.1, 0.15) is 18.5 Å². The summed E-state index contributed by atoms with van der Waals surface area (Å²) < 4.78 is 11.8. The van der Waals surface area contributed by atoms with E-state index in [0.717, 1.165) is 17.2 Å². The van der Waals surface area contributed by atoms with Crippen molar-refractivity contribution in [2.75, 3.05) is 19.5 Å². The first-order valence-corrected chi connectivity index (χ1v) is 7.45. The summed E-state index contributed by atoms with van der Waals surface area (Å²) in [4.78, 5) is 0. The summed E-state index contributed by atoms with van der Waals surface area (Å²) in [6.45, 7) is 2.13. The Balaban J connectivity index is 2.18. The third-order valence-corrected chi connectivity index (χ3v) is 3.82. The van der Waals surface area contributed by atoms with Crippen LogP contribution in [0.4, 0.5) is 5.69 Å². The lowest BCUT2D eigenvalue weighted by molar-refractivity contribution is 0.394. The van der Waals surface area contributed by atoms with Crippen LogP contribution < -0.4 is 14.8 Å². The number of halogens is 1. The summed E-state index contributed by atoms with van der Waals surface area (Å²) in [6, 6.07) is 14.5. The minimum atomic E-state index is 0.212. The highest BCUT2D eigenvalue weighted by molar-refractivity contribution is 14.1. The van der Waals surface area contributed by atoms with Gasteiger partial charge in [-0.15, -0.1) is 0 Å². The van der Waals surface area contributed by atoms with Crippen LogP contribution in [0.2, 0.25) is 0 Å². The molecule has 0 spiro atoms. The molecule has 0 fully saturated rings. The Bertz CT molecular complexity index is 547. The maximum Gasteiger partial charge on any atom is 0.124 e. The zero-order chi connectivity index (χ0) is 14.5. The number of anilines is 1. The number of hydrogen-bond donors (Lipinski definition) is 1. The number of hydrogen-bond acceptors (Lipinski definition) is 3. The second-order valence-corrected chi connectivity index (χ2v) is 5.76. The molecule has 1 unspecified atom stereocenters. The van der Waals surface area contributed by atoms with Gasteiger partial charge in [0.15, 0.2) is 0 Å². The van der Waals surface area contributed by atoms with E-state index in [1.54, 1.807) is 14.2 Å². The topological polar surface area (TPSA) is 30.5 Å². The third kappa shape index (κ3) is 3.79. The average molecular weight is 383 g/mol. The molecule has 3 nitrogen and oxygen atoms in total. The molecular formula is C16H18INO2. The molecule has 2 rings (SSSR count). The normalized spacial score (nSPS) is 11.8. The summed E-state index contributed by atoms with van der Waals surface area (Å²) in [5.74, 6) is 1.56. The van der Waals surface area contributed by atoms with Crippen molar-refractivity contribution in [1.82, 2.24) is 0 Å². The number of ether oxygens (including phenoxy) is 2. The SMILES string of the molecule is COc1cc(NC(C)c2ccc(I)cc2)cc(OC)c1. The molecule has 0 aliphatic rings. The summed E-state index contributed by atoms with van der Waals surface area (Å²) in [5.41, 5.74) is 2.22. The molecule has 0 aliphatic heterocycles. The predicted molar refractivity (Wildman–Crippen MR) is 90.7 cm³/mol. The Hall–Kier alpha value is -1.43. The van der Waals surface area contributed by atoms with E-state index in [9.17, 15) is 0 Å². The van der Waals surface area contributed by atoms with Crippen LogP contribution >= 0.6 is 22.6 Å². The van der Waals surface area contributed by atoms with E-state index in [2.05, 4.69) is 59.1 Å². The van der Waals surface area contributed by atoms with Gasteiger partial charge in [-0.3, -0.25) is 0 Å². The molecule has 0 aromatic heterocycles. The molecule has 2 aromatic rings. The Morgan fingerprint density at radius 1 is 0.950 bits per heavy atom. The molecule has 0 aliphatic carbocycles. The molecule has 20 heavy (non-hydrogen) atoms. The van der Waals surface area contributed by atoms with Gasteiger partial charge in [-0.25, -0.2) is 0 Å². The quantitative estimate of drug-likeness (QED) is 0.773. The fraction of sp³-hybridized carbons (Fsp3) is 0.250. The molecule has 106 valence electrons. The van der Waals surface area contributed by atoms with Gasteiger partial charge >= 0.3 is 0 Å². The van der Waals surface area contributed by atoms with Gasteiger partial charge in [-0.05, 0) is 47.2 Å². The fourth-order valence-corrected chi connectivity index (χ4v) is 2.34. The second kappa shape index (κ2) is 6.83. The van der Waals surface area contributed by atoms with E-state index in [0.29, 0.717) is 0 Å². The standard InChI is InChI=1S/C16H18INO2/c1-11(12-4-6-13(17)7-5-12)18-14-8-15(19-2)10-16(9-14)20-3/h4-11,18H,1-3H3. The van der Waals surface area contributed by atoms with Crippen LogP contribution in [0.25, 0.3) is 0 Å². The highest BCUT2D eigenvalue weighted by atomic mass is 127. The highest BCUT2D eigenvalue weighted by Crippen LogP contribution is 2.28. The van der Waals surface area contributed by atoms with Crippen LogP contribution in [0.15, 0.2) is 42.5 Å². The minimum absolute atomic E-state index is 0.212. The van der Waals surface area contributed by atoms with Crippen molar-refractivity contribution in [2.45, 2.75) is 13.0 Å². The van der Waals surface area contributed by atoms with E-state index in [4.69, 9.17) is 9.47 Å². The second-order valence-electron chi connectivity index (χ2n) is 4.52. The van der Waals surface area contributed by atoms with Gasteiger partial charge in [0.1, 0.15) is 11.5 Å². The molecule has 4 heteroatoms. The van der Waals surface area contributed by atoms with Crippen molar-refractivity contribution in [2.24, 2.45) is 0 Å². The molecule has 0 heterocycles. The van der Waals surface area contributed by atoms with Crippen molar-refractivity contribution in [3.63, 3.8) is 0 Å². The lowest BCUT2D eigenvalue weighted by atomic mass is 10.1. The van der Waals surface area contributed by atoms with Gasteiger partial charge in [0, 0.05) is 33.5 Å². The van der Waals surface area contributed by atoms with Crippen LogP contribution in [-0.2, 0) is 0 Å². The van der Waals surface area contributed by atoms with Crippen molar-refractivity contribution in [1.29, 1.82) is 0 Å². The summed E-state index contributed by atoms with van der Waals surface area (Å²) in [5, 5.41) is 3.46. The Morgan fingerprint density at radius 2 is 1.50 bits per heavy atom. The first-order valence-electron chi connectivity index (χ1n) is 6.37. The molecule has 0 amide bonds.